The van der Waals surface area contributed by atoms with Gasteiger partial charge in [0.15, 0.2) is 0 Å². The minimum absolute atomic E-state index is 0.000267. The van der Waals surface area contributed by atoms with Gasteiger partial charge in [-0.05, 0) is 18.1 Å². The van der Waals surface area contributed by atoms with Gasteiger partial charge in [-0.15, -0.1) is 0 Å². The summed E-state index contributed by atoms with van der Waals surface area (Å²) in [7, 11) is -3.68. The summed E-state index contributed by atoms with van der Waals surface area (Å²) in [6, 6.07) is 5.72. The molecule has 0 aliphatic carbocycles. The Morgan fingerprint density at radius 1 is 1.35 bits per heavy atom. The van der Waals surface area contributed by atoms with Crippen LogP contribution in [0.25, 0.3) is 0 Å². The highest BCUT2D eigenvalue weighted by molar-refractivity contribution is 7.89. The van der Waals surface area contributed by atoms with Gasteiger partial charge in [-0.2, -0.15) is 0 Å². The van der Waals surface area contributed by atoms with Crippen molar-refractivity contribution in [2.24, 2.45) is 5.92 Å². The quantitative estimate of drug-likeness (QED) is 0.673. The SMILES string of the molecule is CC(C)C(CO)NS(=O)(=O)c1ccccc1N. The van der Waals surface area contributed by atoms with Gasteiger partial charge in [0.1, 0.15) is 4.90 Å². The molecule has 17 heavy (non-hydrogen) atoms. The second kappa shape index (κ2) is 5.48. The first-order chi connectivity index (χ1) is 7.88. The molecule has 1 unspecified atom stereocenters. The second-order valence-electron chi connectivity index (χ2n) is 4.19. The Hall–Kier alpha value is -1.11. The molecule has 6 heteroatoms. The summed E-state index contributed by atoms with van der Waals surface area (Å²) in [5.41, 5.74) is 5.81. The van der Waals surface area contributed by atoms with E-state index in [1.807, 2.05) is 13.8 Å². The topological polar surface area (TPSA) is 92.4 Å². The minimum Gasteiger partial charge on any atom is -0.398 e. The highest BCUT2D eigenvalue weighted by atomic mass is 32.2. The van der Waals surface area contributed by atoms with Crippen LogP contribution in [0.5, 0.6) is 0 Å². The van der Waals surface area contributed by atoms with Crippen LogP contribution >= 0.6 is 0 Å². The smallest absolute Gasteiger partial charge is 0.242 e. The van der Waals surface area contributed by atoms with Crippen LogP contribution in [-0.4, -0.2) is 26.2 Å². The predicted molar refractivity (Wildman–Crippen MR) is 66.9 cm³/mol. The Morgan fingerprint density at radius 2 is 1.94 bits per heavy atom. The zero-order valence-electron chi connectivity index (χ0n) is 9.92. The zero-order valence-corrected chi connectivity index (χ0v) is 10.7. The lowest BCUT2D eigenvalue weighted by Gasteiger charge is -2.20. The van der Waals surface area contributed by atoms with E-state index >= 15 is 0 Å². The molecule has 1 atom stereocenters. The summed E-state index contributed by atoms with van der Waals surface area (Å²) < 4.78 is 26.5. The first-order valence-corrected chi connectivity index (χ1v) is 6.84. The van der Waals surface area contributed by atoms with E-state index in [-0.39, 0.29) is 23.1 Å². The molecule has 0 heterocycles. The first-order valence-electron chi connectivity index (χ1n) is 5.36. The van der Waals surface area contributed by atoms with Gasteiger partial charge in [0.05, 0.1) is 12.3 Å². The number of nitrogen functional groups attached to an aromatic ring is 1. The normalized spacial score (nSPS) is 13.9. The number of nitrogens with two attached hydrogens (primary N) is 1. The lowest BCUT2D eigenvalue weighted by atomic mass is 10.1. The number of sulfonamides is 1. The van der Waals surface area contributed by atoms with Crippen LogP contribution in [0.2, 0.25) is 0 Å². The number of para-hydroxylation sites is 1. The molecule has 0 aromatic heterocycles. The van der Waals surface area contributed by atoms with E-state index < -0.39 is 16.1 Å². The summed E-state index contributed by atoms with van der Waals surface area (Å²) in [5.74, 6) is -0.000267. The number of hydrogen-bond donors (Lipinski definition) is 3. The van der Waals surface area contributed by atoms with E-state index in [0.29, 0.717) is 0 Å². The van der Waals surface area contributed by atoms with Crippen LogP contribution in [0.15, 0.2) is 29.2 Å². The molecule has 0 aliphatic heterocycles. The lowest BCUT2D eigenvalue weighted by molar-refractivity contribution is 0.227. The molecule has 5 nitrogen and oxygen atoms in total. The number of hydrogen-bond acceptors (Lipinski definition) is 4. The van der Waals surface area contributed by atoms with Crippen LogP contribution < -0.4 is 10.5 Å². The van der Waals surface area contributed by atoms with Crippen LogP contribution in [0.1, 0.15) is 13.8 Å². The fourth-order valence-electron chi connectivity index (χ4n) is 1.37. The molecule has 1 rings (SSSR count). The Labute approximate surface area is 102 Å². The third-order valence-corrected chi connectivity index (χ3v) is 4.08. The molecule has 0 saturated carbocycles. The Balaban J connectivity index is 3.01. The van der Waals surface area contributed by atoms with Gasteiger partial charge in [0, 0.05) is 6.04 Å². The van der Waals surface area contributed by atoms with E-state index in [1.165, 1.54) is 12.1 Å². The first kappa shape index (κ1) is 14.0. The molecule has 0 aliphatic rings. The summed E-state index contributed by atoms with van der Waals surface area (Å²) in [4.78, 5) is 0.0408. The van der Waals surface area contributed by atoms with E-state index in [9.17, 15) is 8.42 Å². The van der Waals surface area contributed by atoms with Crippen molar-refractivity contribution < 1.29 is 13.5 Å². The van der Waals surface area contributed by atoms with Gasteiger partial charge in [-0.25, -0.2) is 13.1 Å². The number of rotatable bonds is 5. The third-order valence-electron chi connectivity index (χ3n) is 2.52. The number of benzene rings is 1. The van der Waals surface area contributed by atoms with E-state index in [1.54, 1.807) is 12.1 Å². The Kier molecular flexibility index (Phi) is 4.50. The number of nitrogens with one attached hydrogen (secondary N) is 1. The number of anilines is 1. The molecule has 1 aromatic rings. The van der Waals surface area contributed by atoms with Crippen LogP contribution in [0.3, 0.4) is 0 Å². The van der Waals surface area contributed by atoms with Crippen molar-refractivity contribution in [2.45, 2.75) is 24.8 Å². The second-order valence-corrected chi connectivity index (χ2v) is 5.87. The highest BCUT2D eigenvalue weighted by Crippen LogP contribution is 2.18. The van der Waals surface area contributed by atoms with Gasteiger partial charge in [-0.1, -0.05) is 26.0 Å². The number of aliphatic hydroxyl groups is 1. The standard InChI is InChI=1S/C11H18N2O3S/c1-8(2)10(7-14)13-17(15,16)11-6-4-3-5-9(11)12/h3-6,8,10,13-14H,7,12H2,1-2H3. The van der Waals surface area contributed by atoms with Crippen LogP contribution in [-0.2, 0) is 10.0 Å². The van der Waals surface area contributed by atoms with Gasteiger partial charge in [-0.3, -0.25) is 0 Å². The fourth-order valence-corrected chi connectivity index (χ4v) is 2.88. The van der Waals surface area contributed by atoms with Crippen molar-refractivity contribution in [3.63, 3.8) is 0 Å². The molecule has 0 saturated heterocycles. The van der Waals surface area contributed by atoms with Gasteiger partial charge >= 0.3 is 0 Å². The Bertz CT molecular complexity index is 471. The maximum absolute atomic E-state index is 12.0. The van der Waals surface area contributed by atoms with E-state index in [4.69, 9.17) is 10.8 Å². The molecule has 0 spiro atoms. The molecule has 4 N–H and O–H groups in total. The van der Waals surface area contributed by atoms with Gasteiger partial charge < -0.3 is 10.8 Å². The molecule has 0 bridgehead atoms. The number of aliphatic hydroxyl groups excluding tert-OH is 1. The lowest BCUT2D eigenvalue weighted by Crippen LogP contribution is -2.41. The maximum atomic E-state index is 12.0. The minimum atomic E-state index is -3.68. The maximum Gasteiger partial charge on any atom is 0.242 e. The van der Waals surface area contributed by atoms with E-state index in [0.717, 1.165) is 0 Å². The molecule has 1 aromatic carbocycles. The van der Waals surface area contributed by atoms with Crippen molar-refractivity contribution in [1.29, 1.82) is 0 Å². The molecule has 0 radical (unpaired) electrons. The van der Waals surface area contributed by atoms with Crippen LogP contribution in [0.4, 0.5) is 5.69 Å². The predicted octanol–water partition coefficient (Wildman–Crippen LogP) is 0.564. The average molecular weight is 258 g/mol. The molecular formula is C11H18N2O3S. The van der Waals surface area contributed by atoms with Crippen molar-refractivity contribution in [3.8, 4) is 0 Å². The van der Waals surface area contributed by atoms with Crippen molar-refractivity contribution >= 4 is 15.7 Å². The summed E-state index contributed by atoms with van der Waals surface area (Å²) in [5, 5.41) is 9.12. The summed E-state index contributed by atoms with van der Waals surface area (Å²) in [6.07, 6.45) is 0. The molecule has 96 valence electrons. The summed E-state index contributed by atoms with van der Waals surface area (Å²) in [6.45, 7) is 3.42. The average Bonchev–Trinajstić information content (AvgIpc) is 2.26. The van der Waals surface area contributed by atoms with Crippen molar-refractivity contribution in [2.75, 3.05) is 12.3 Å². The van der Waals surface area contributed by atoms with Gasteiger partial charge in [0.2, 0.25) is 10.0 Å². The zero-order chi connectivity index (χ0) is 13.1. The van der Waals surface area contributed by atoms with Crippen molar-refractivity contribution in [3.05, 3.63) is 24.3 Å². The van der Waals surface area contributed by atoms with Crippen molar-refractivity contribution in [1.82, 2.24) is 4.72 Å². The Morgan fingerprint density at radius 3 is 2.41 bits per heavy atom. The molecule has 0 amide bonds. The highest BCUT2D eigenvalue weighted by Gasteiger charge is 2.23. The molecule has 0 fully saturated rings. The third kappa shape index (κ3) is 3.42. The van der Waals surface area contributed by atoms with Gasteiger partial charge in [0.25, 0.3) is 0 Å². The monoisotopic (exact) mass is 258 g/mol. The largest absolute Gasteiger partial charge is 0.398 e. The fraction of sp³-hybridized carbons (Fsp3) is 0.455. The van der Waals surface area contributed by atoms with E-state index in [2.05, 4.69) is 4.72 Å². The molecular weight excluding hydrogens is 240 g/mol. The van der Waals surface area contributed by atoms with Crippen LogP contribution in [0, 0.1) is 5.92 Å². The summed E-state index contributed by atoms with van der Waals surface area (Å²) >= 11 is 0.